The maximum atomic E-state index is 6.00. The minimum Gasteiger partial charge on any atom is -0.357 e. The van der Waals surface area contributed by atoms with Crippen LogP contribution in [0.3, 0.4) is 0 Å². The monoisotopic (exact) mass is 273 g/mol. The number of aromatic nitrogens is 1. The molecule has 0 amide bonds. The van der Waals surface area contributed by atoms with Crippen LogP contribution in [-0.4, -0.2) is 30.1 Å². The Balaban J connectivity index is 2.77. The Kier molecular flexibility index (Phi) is 6.09. The second-order valence-corrected chi connectivity index (χ2v) is 5.44. The van der Waals surface area contributed by atoms with Gasteiger partial charge < -0.3 is 10.6 Å². The molecule has 1 aromatic heterocycles. The first kappa shape index (κ1) is 14.6. The van der Waals surface area contributed by atoms with Crippen LogP contribution in [-0.2, 0) is 6.54 Å². The molecule has 0 bridgehead atoms. The molecule has 0 saturated carbocycles. The van der Waals surface area contributed by atoms with Gasteiger partial charge in [-0.05, 0) is 37.5 Å². The summed E-state index contributed by atoms with van der Waals surface area (Å²) in [6, 6.07) is 4.27. The van der Waals surface area contributed by atoms with Crippen molar-refractivity contribution in [2.75, 3.05) is 24.0 Å². The van der Waals surface area contributed by atoms with Gasteiger partial charge in [0.2, 0.25) is 0 Å². The molecule has 17 heavy (non-hydrogen) atoms. The van der Waals surface area contributed by atoms with E-state index in [0.29, 0.717) is 17.6 Å². The quantitative estimate of drug-likeness (QED) is 0.865. The van der Waals surface area contributed by atoms with E-state index in [1.165, 1.54) is 0 Å². The van der Waals surface area contributed by atoms with Gasteiger partial charge in [0.1, 0.15) is 5.82 Å². The third-order valence-electron chi connectivity index (χ3n) is 2.86. The molecule has 0 spiro atoms. The van der Waals surface area contributed by atoms with Gasteiger partial charge in [-0.3, -0.25) is 0 Å². The van der Waals surface area contributed by atoms with Crippen molar-refractivity contribution in [3.63, 3.8) is 0 Å². The van der Waals surface area contributed by atoms with Gasteiger partial charge in [0.25, 0.3) is 0 Å². The number of hydrogen-bond donors (Lipinski definition) is 1. The summed E-state index contributed by atoms with van der Waals surface area (Å²) >= 11 is 7.86. The number of halogens is 1. The molecule has 2 N–H and O–H groups in total. The first-order chi connectivity index (χ1) is 8.10. The van der Waals surface area contributed by atoms with Crippen LogP contribution in [0.1, 0.15) is 19.0 Å². The first-order valence-electron chi connectivity index (χ1n) is 5.67. The van der Waals surface area contributed by atoms with Crippen molar-refractivity contribution in [2.24, 2.45) is 5.73 Å². The Morgan fingerprint density at radius 1 is 1.53 bits per heavy atom. The molecule has 1 rings (SSSR count). The lowest BCUT2D eigenvalue weighted by Crippen LogP contribution is -2.30. The number of anilines is 1. The van der Waals surface area contributed by atoms with Crippen LogP contribution in [0.2, 0.25) is 5.02 Å². The highest BCUT2D eigenvalue weighted by Crippen LogP contribution is 2.20. The Morgan fingerprint density at radius 3 is 2.82 bits per heavy atom. The van der Waals surface area contributed by atoms with Crippen LogP contribution in [0.4, 0.5) is 5.82 Å². The lowest BCUT2D eigenvalue weighted by atomic mass is 10.2. The van der Waals surface area contributed by atoms with Gasteiger partial charge in [0, 0.05) is 19.6 Å². The minimum atomic E-state index is 0.375. The molecule has 0 aliphatic heterocycles. The van der Waals surface area contributed by atoms with E-state index in [4.69, 9.17) is 17.3 Å². The normalized spacial score (nSPS) is 12.5. The number of nitrogens with zero attached hydrogens (tertiary/aromatic N) is 2. The number of thioether (sulfide) groups is 1. The first-order valence-corrected chi connectivity index (χ1v) is 7.44. The summed E-state index contributed by atoms with van der Waals surface area (Å²) in [5.41, 5.74) is 6.36. The molecule has 96 valence electrons. The third-order valence-corrected chi connectivity index (χ3v) is 3.85. The summed E-state index contributed by atoms with van der Waals surface area (Å²) < 4.78 is 0. The van der Waals surface area contributed by atoms with Crippen LogP contribution in [0.25, 0.3) is 0 Å². The van der Waals surface area contributed by atoms with Crippen molar-refractivity contribution in [3.05, 3.63) is 22.8 Å². The van der Waals surface area contributed by atoms with E-state index >= 15 is 0 Å². The van der Waals surface area contributed by atoms with Crippen LogP contribution in [0.5, 0.6) is 0 Å². The van der Waals surface area contributed by atoms with Gasteiger partial charge >= 0.3 is 0 Å². The summed E-state index contributed by atoms with van der Waals surface area (Å²) in [5, 5.41) is 0.640. The van der Waals surface area contributed by atoms with Crippen molar-refractivity contribution in [3.8, 4) is 0 Å². The molecular formula is C12H20ClN3S. The van der Waals surface area contributed by atoms with E-state index in [-0.39, 0.29) is 0 Å². The van der Waals surface area contributed by atoms with Crippen LogP contribution in [0, 0.1) is 0 Å². The molecule has 3 nitrogen and oxygen atoms in total. The number of rotatable bonds is 6. The highest BCUT2D eigenvalue weighted by molar-refractivity contribution is 7.98. The third kappa shape index (κ3) is 4.05. The van der Waals surface area contributed by atoms with Crippen LogP contribution in [0.15, 0.2) is 12.1 Å². The average molecular weight is 274 g/mol. The van der Waals surface area contributed by atoms with E-state index in [1.54, 1.807) is 0 Å². The number of hydrogen-bond acceptors (Lipinski definition) is 4. The highest BCUT2D eigenvalue weighted by atomic mass is 35.5. The molecule has 0 aliphatic carbocycles. The Hall–Kier alpha value is -0.450. The second kappa shape index (κ2) is 7.09. The zero-order chi connectivity index (χ0) is 12.8. The molecule has 0 fully saturated rings. The number of pyridine rings is 1. The van der Waals surface area contributed by atoms with Crippen molar-refractivity contribution in [2.45, 2.75) is 25.9 Å². The van der Waals surface area contributed by atoms with E-state index < -0.39 is 0 Å². The lowest BCUT2D eigenvalue weighted by molar-refractivity contribution is 0.660. The maximum Gasteiger partial charge on any atom is 0.128 e. The average Bonchev–Trinajstić information content (AvgIpc) is 2.35. The molecule has 0 saturated heterocycles. The molecule has 1 unspecified atom stereocenters. The fourth-order valence-corrected chi connectivity index (χ4v) is 2.28. The van der Waals surface area contributed by atoms with Gasteiger partial charge in [0.15, 0.2) is 0 Å². The predicted molar refractivity (Wildman–Crippen MR) is 78.0 cm³/mol. The Bertz CT molecular complexity index is 360. The smallest absolute Gasteiger partial charge is 0.128 e. The van der Waals surface area contributed by atoms with Crippen molar-refractivity contribution < 1.29 is 0 Å². The van der Waals surface area contributed by atoms with Gasteiger partial charge in [-0.15, -0.1) is 0 Å². The fraction of sp³-hybridized carbons (Fsp3) is 0.583. The maximum absolute atomic E-state index is 6.00. The van der Waals surface area contributed by atoms with Crippen molar-refractivity contribution in [1.29, 1.82) is 0 Å². The summed E-state index contributed by atoms with van der Waals surface area (Å²) in [6.07, 6.45) is 3.26. The van der Waals surface area contributed by atoms with E-state index in [9.17, 15) is 0 Å². The highest BCUT2D eigenvalue weighted by Gasteiger charge is 2.12. The topological polar surface area (TPSA) is 42.1 Å². The van der Waals surface area contributed by atoms with Crippen LogP contribution >= 0.6 is 23.4 Å². The van der Waals surface area contributed by atoms with Gasteiger partial charge in [0.05, 0.1) is 10.7 Å². The standard InChI is InChI=1S/C12H20ClN3S/c1-9(6-7-17-3)16(2)12-5-4-10(13)11(8-14)15-12/h4-5,9H,6-8,14H2,1-3H3. The number of nitrogens with two attached hydrogens (primary N) is 1. The zero-order valence-corrected chi connectivity index (χ0v) is 12.2. The Labute approximate surface area is 113 Å². The van der Waals surface area contributed by atoms with E-state index in [1.807, 2.05) is 23.9 Å². The Morgan fingerprint density at radius 2 is 2.24 bits per heavy atom. The van der Waals surface area contributed by atoms with Crippen LogP contribution < -0.4 is 10.6 Å². The summed E-state index contributed by atoms with van der Waals surface area (Å²) in [7, 11) is 2.06. The van der Waals surface area contributed by atoms with Crippen molar-refractivity contribution >= 4 is 29.2 Å². The summed E-state index contributed by atoms with van der Waals surface area (Å²) in [4.78, 5) is 6.65. The van der Waals surface area contributed by atoms with Gasteiger partial charge in [-0.2, -0.15) is 11.8 Å². The van der Waals surface area contributed by atoms with Gasteiger partial charge in [-0.1, -0.05) is 11.6 Å². The summed E-state index contributed by atoms with van der Waals surface area (Å²) in [6.45, 7) is 2.58. The molecule has 1 heterocycles. The largest absolute Gasteiger partial charge is 0.357 e. The fourth-order valence-electron chi connectivity index (χ4n) is 1.52. The molecule has 5 heteroatoms. The van der Waals surface area contributed by atoms with E-state index in [2.05, 4.69) is 30.1 Å². The van der Waals surface area contributed by atoms with E-state index in [0.717, 1.165) is 23.7 Å². The molecular weight excluding hydrogens is 254 g/mol. The lowest BCUT2D eigenvalue weighted by Gasteiger charge is -2.26. The van der Waals surface area contributed by atoms with Gasteiger partial charge in [-0.25, -0.2) is 4.98 Å². The predicted octanol–water partition coefficient (Wildman–Crippen LogP) is 2.77. The molecule has 1 aromatic rings. The molecule has 0 aliphatic rings. The zero-order valence-electron chi connectivity index (χ0n) is 10.6. The molecule has 1 atom stereocenters. The SMILES string of the molecule is CSCCC(C)N(C)c1ccc(Cl)c(CN)n1. The van der Waals surface area contributed by atoms with Crippen molar-refractivity contribution in [1.82, 2.24) is 4.98 Å². The summed E-state index contributed by atoms with van der Waals surface area (Å²) in [5.74, 6) is 2.09. The molecule has 0 aromatic carbocycles. The second-order valence-electron chi connectivity index (χ2n) is 4.04. The molecule has 0 radical (unpaired) electrons. The minimum absolute atomic E-state index is 0.375.